The van der Waals surface area contributed by atoms with Crippen molar-refractivity contribution in [2.75, 3.05) is 0 Å². The topological polar surface area (TPSA) is 34.4 Å². The summed E-state index contributed by atoms with van der Waals surface area (Å²) in [6.07, 6.45) is 3.59. The number of hydrogen-bond donors (Lipinski definition) is 0. The maximum absolute atomic E-state index is 12.4. The first kappa shape index (κ1) is 13.2. The van der Waals surface area contributed by atoms with Gasteiger partial charge in [-0.25, -0.2) is 4.52 Å². The lowest BCUT2D eigenvalue weighted by atomic mass is 10.0. The second-order valence-corrected chi connectivity index (χ2v) is 5.19. The first-order chi connectivity index (χ1) is 9.66. The summed E-state index contributed by atoms with van der Waals surface area (Å²) in [5, 5.41) is 5.04. The second-order valence-electron chi connectivity index (χ2n) is 4.40. The van der Waals surface area contributed by atoms with E-state index in [1.807, 2.05) is 18.2 Å². The zero-order valence-electron chi connectivity index (χ0n) is 10.4. The summed E-state index contributed by atoms with van der Waals surface area (Å²) >= 11 is 12.1. The lowest BCUT2D eigenvalue weighted by Crippen LogP contribution is -2.03. The van der Waals surface area contributed by atoms with Crippen molar-refractivity contribution in [3.63, 3.8) is 0 Å². The third kappa shape index (κ3) is 2.30. The van der Waals surface area contributed by atoms with Crippen LogP contribution in [0.25, 0.3) is 5.52 Å². The molecule has 0 spiro atoms. The molecule has 0 unspecified atom stereocenters. The smallest absolute Gasteiger partial charge is 0.171 e. The van der Waals surface area contributed by atoms with Crippen LogP contribution >= 0.6 is 23.2 Å². The zero-order valence-corrected chi connectivity index (χ0v) is 11.9. The number of ketones is 1. The summed E-state index contributed by atoms with van der Waals surface area (Å²) in [4.78, 5) is 12.4. The quantitative estimate of drug-likeness (QED) is 0.684. The van der Waals surface area contributed by atoms with Crippen LogP contribution in [0.15, 0.2) is 48.8 Å². The number of rotatable bonds is 3. The van der Waals surface area contributed by atoms with Gasteiger partial charge < -0.3 is 0 Å². The monoisotopic (exact) mass is 304 g/mol. The summed E-state index contributed by atoms with van der Waals surface area (Å²) in [7, 11) is 0. The predicted molar refractivity (Wildman–Crippen MR) is 79.7 cm³/mol. The number of hydrogen-bond acceptors (Lipinski definition) is 2. The van der Waals surface area contributed by atoms with Crippen molar-refractivity contribution < 1.29 is 4.79 Å². The Bertz CT molecular complexity index is 795. The van der Waals surface area contributed by atoms with Gasteiger partial charge in [0.1, 0.15) is 0 Å². The van der Waals surface area contributed by atoms with Gasteiger partial charge in [-0.2, -0.15) is 5.10 Å². The van der Waals surface area contributed by atoms with Gasteiger partial charge in [0.2, 0.25) is 0 Å². The molecule has 1 aromatic carbocycles. The predicted octanol–water partition coefficient (Wildman–Crippen LogP) is 4.07. The maximum Gasteiger partial charge on any atom is 0.171 e. The number of fused-ring (bicyclic) bond motifs is 1. The molecule has 0 atom stereocenters. The van der Waals surface area contributed by atoms with Crippen LogP contribution in [0, 0.1) is 0 Å². The number of halogens is 2. The molecule has 0 aliphatic rings. The highest BCUT2D eigenvalue weighted by Crippen LogP contribution is 2.26. The van der Waals surface area contributed by atoms with Crippen LogP contribution in [-0.2, 0) is 6.42 Å². The number of aromatic nitrogens is 2. The largest absolute Gasteiger partial charge is 0.294 e. The SMILES string of the molecule is O=C(Cc1cccc(Cl)c1Cl)c1cnn2ccccc12. The molecule has 3 aromatic rings. The van der Waals surface area contributed by atoms with Gasteiger partial charge in [-0.1, -0.05) is 41.4 Å². The number of carbonyl (C=O) groups excluding carboxylic acids is 1. The van der Waals surface area contributed by atoms with Gasteiger partial charge in [0.15, 0.2) is 5.78 Å². The molecule has 3 nitrogen and oxygen atoms in total. The van der Waals surface area contributed by atoms with Gasteiger partial charge in [0.25, 0.3) is 0 Å². The third-order valence-corrected chi connectivity index (χ3v) is 3.97. The average molecular weight is 305 g/mol. The molecular weight excluding hydrogens is 295 g/mol. The van der Waals surface area contributed by atoms with Gasteiger partial charge in [-0.05, 0) is 23.8 Å². The Kier molecular flexibility index (Phi) is 3.47. The highest BCUT2D eigenvalue weighted by Gasteiger charge is 2.15. The van der Waals surface area contributed by atoms with E-state index in [4.69, 9.17) is 23.2 Å². The average Bonchev–Trinajstić information content (AvgIpc) is 2.88. The highest BCUT2D eigenvalue weighted by molar-refractivity contribution is 6.42. The number of carbonyl (C=O) groups is 1. The Morgan fingerprint density at radius 2 is 2.00 bits per heavy atom. The molecule has 0 fully saturated rings. The summed E-state index contributed by atoms with van der Waals surface area (Å²) in [6, 6.07) is 10.9. The summed E-state index contributed by atoms with van der Waals surface area (Å²) in [5.74, 6) is -0.0321. The van der Waals surface area contributed by atoms with E-state index in [0.717, 1.165) is 11.1 Å². The molecule has 0 N–H and O–H groups in total. The van der Waals surface area contributed by atoms with E-state index in [-0.39, 0.29) is 12.2 Å². The van der Waals surface area contributed by atoms with Crippen LogP contribution in [0.5, 0.6) is 0 Å². The molecule has 0 bridgehead atoms. The van der Waals surface area contributed by atoms with Crippen molar-refractivity contribution >= 4 is 34.5 Å². The first-order valence-corrected chi connectivity index (χ1v) is 6.81. The van der Waals surface area contributed by atoms with Crippen LogP contribution in [0.1, 0.15) is 15.9 Å². The molecule has 0 aliphatic heterocycles. The molecule has 0 radical (unpaired) electrons. The van der Waals surface area contributed by atoms with Crippen LogP contribution < -0.4 is 0 Å². The van der Waals surface area contributed by atoms with Crippen molar-refractivity contribution in [1.29, 1.82) is 0 Å². The van der Waals surface area contributed by atoms with E-state index in [1.165, 1.54) is 0 Å². The summed E-state index contributed by atoms with van der Waals surface area (Å²) in [5.41, 5.74) is 2.09. The van der Waals surface area contributed by atoms with Crippen molar-refractivity contribution in [3.05, 3.63) is 70.0 Å². The van der Waals surface area contributed by atoms with E-state index in [2.05, 4.69) is 5.10 Å². The van der Waals surface area contributed by atoms with Crippen LogP contribution in [-0.4, -0.2) is 15.4 Å². The molecule has 0 saturated heterocycles. The molecule has 2 heterocycles. The lowest BCUT2D eigenvalue weighted by molar-refractivity contribution is 0.0994. The maximum atomic E-state index is 12.4. The Labute approximate surface area is 125 Å². The van der Waals surface area contributed by atoms with Crippen molar-refractivity contribution in [3.8, 4) is 0 Å². The minimum Gasteiger partial charge on any atom is -0.294 e. The van der Waals surface area contributed by atoms with Gasteiger partial charge in [0.05, 0.1) is 27.3 Å². The molecular formula is C15H10Cl2N2O. The molecule has 5 heteroatoms. The molecule has 3 rings (SSSR count). The number of benzene rings is 1. The van der Waals surface area contributed by atoms with Crippen molar-refractivity contribution in [1.82, 2.24) is 9.61 Å². The Morgan fingerprint density at radius 3 is 2.85 bits per heavy atom. The first-order valence-electron chi connectivity index (χ1n) is 6.05. The minimum atomic E-state index is -0.0321. The van der Waals surface area contributed by atoms with E-state index < -0.39 is 0 Å². The molecule has 2 aromatic heterocycles. The van der Waals surface area contributed by atoms with Crippen molar-refractivity contribution in [2.24, 2.45) is 0 Å². The fourth-order valence-electron chi connectivity index (χ4n) is 2.10. The minimum absolute atomic E-state index is 0.0321. The van der Waals surface area contributed by atoms with Gasteiger partial charge in [0, 0.05) is 12.6 Å². The van der Waals surface area contributed by atoms with Crippen LogP contribution in [0.3, 0.4) is 0 Å². The molecule has 0 aliphatic carbocycles. The number of pyridine rings is 1. The second kappa shape index (κ2) is 5.27. The van der Waals surface area contributed by atoms with Crippen LogP contribution in [0.2, 0.25) is 10.0 Å². The molecule has 100 valence electrons. The van der Waals surface area contributed by atoms with Crippen LogP contribution in [0.4, 0.5) is 0 Å². The van der Waals surface area contributed by atoms with Gasteiger partial charge in [-0.15, -0.1) is 0 Å². The molecule has 0 saturated carbocycles. The number of nitrogens with zero attached hydrogens (tertiary/aromatic N) is 2. The normalized spacial score (nSPS) is 10.9. The fourth-order valence-corrected chi connectivity index (χ4v) is 2.49. The van der Waals surface area contributed by atoms with Gasteiger partial charge >= 0.3 is 0 Å². The Balaban J connectivity index is 1.95. The van der Waals surface area contributed by atoms with E-state index in [0.29, 0.717) is 15.6 Å². The highest BCUT2D eigenvalue weighted by atomic mass is 35.5. The summed E-state index contributed by atoms with van der Waals surface area (Å²) in [6.45, 7) is 0. The van der Waals surface area contributed by atoms with E-state index in [1.54, 1.807) is 35.1 Å². The lowest BCUT2D eigenvalue weighted by Gasteiger charge is -2.04. The standard InChI is InChI=1S/C15H10Cl2N2O/c16-12-5-3-4-10(15(12)17)8-14(20)11-9-18-19-7-2-1-6-13(11)19/h1-7,9H,8H2. The zero-order chi connectivity index (χ0) is 14.1. The Hall–Kier alpha value is -1.84. The molecule has 20 heavy (non-hydrogen) atoms. The third-order valence-electron chi connectivity index (χ3n) is 3.11. The summed E-state index contributed by atoms with van der Waals surface area (Å²) < 4.78 is 1.67. The van der Waals surface area contributed by atoms with E-state index >= 15 is 0 Å². The number of Topliss-reactive ketones (excluding diaryl/α,β-unsaturated/α-hetero) is 1. The molecule has 0 amide bonds. The fraction of sp³-hybridized carbons (Fsp3) is 0.0667. The Morgan fingerprint density at radius 1 is 1.15 bits per heavy atom. The van der Waals surface area contributed by atoms with Gasteiger partial charge in [-0.3, -0.25) is 4.79 Å². The van der Waals surface area contributed by atoms with E-state index in [9.17, 15) is 4.79 Å². The van der Waals surface area contributed by atoms with Crippen molar-refractivity contribution in [2.45, 2.75) is 6.42 Å².